The number of rotatable bonds is 6. The first-order valence-corrected chi connectivity index (χ1v) is 8.93. The first kappa shape index (κ1) is 21.7. The van der Waals surface area contributed by atoms with Crippen LogP contribution in [-0.4, -0.2) is 23.9 Å². The van der Waals surface area contributed by atoms with Crippen molar-refractivity contribution < 1.29 is 19.1 Å². The third-order valence-corrected chi connectivity index (χ3v) is 3.90. The van der Waals surface area contributed by atoms with Crippen molar-refractivity contribution in [2.45, 2.75) is 20.0 Å². The zero-order valence-corrected chi connectivity index (χ0v) is 16.5. The SMILES string of the molecule is CC(=O)Nc1ccc(NC(=O)C(C)OC(=O)/C(C#N)=C/c2ccc(Cl)cc2)cc1. The zero-order valence-electron chi connectivity index (χ0n) is 15.7. The van der Waals surface area contributed by atoms with E-state index in [1.165, 1.54) is 19.9 Å². The van der Waals surface area contributed by atoms with Crippen LogP contribution in [0.1, 0.15) is 19.4 Å². The number of carbonyl (C=O) groups is 3. The molecule has 0 saturated heterocycles. The smallest absolute Gasteiger partial charge is 0.349 e. The quantitative estimate of drug-likeness (QED) is 0.427. The van der Waals surface area contributed by atoms with Crippen molar-refractivity contribution in [3.8, 4) is 6.07 Å². The number of hydrogen-bond donors (Lipinski definition) is 2. The number of nitrogens with one attached hydrogen (secondary N) is 2. The zero-order chi connectivity index (χ0) is 21.4. The molecule has 2 N–H and O–H groups in total. The maximum absolute atomic E-state index is 12.2. The summed E-state index contributed by atoms with van der Waals surface area (Å²) in [5, 5.41) is 14.9. The molecule has 0 aromatic heterocycles. The van der Waals surface area contributed by atoms with Crippen LogP contribution in [0.15, 0.2) is 54.1 Å². The number of ether oxygens (including phenoxy) is 1. The van der Waals surface area contributed by atoms with Crippen LogP contribution < -0.4 is 10.6 Å². The van der Waals surface area contributed by atoms with Gasteiger partial charge in [0.25, 0.3) is 5.91 Å². The van der Waals surface area contributed by atoms with Gasteiger partial charge in [-0.25, -0.2) is 4.79 Å². The lowest BCUT2D eigenvalue weighted by Crippen LogP contribution is -2.30. The summed E-state index contributed by atoms with van der Waals surface area (Å²) in [6.07, 6.45) is 0.226. The number of benzene rings is 2. The maximum atomic E-state index is 12.2. The summed E-state index contributed by atoms with van der Waals surface area (Å²) in [5.74, 6) is -1.68. The van der Waals surface area contributed by atoms with Crippen molar-refractivity contribution in [2.24, 2.45) is 0 Å². The molecule has 0 saturated carbocycles. The van der Waals surface area contributed by atoms with Gasteiger partial charge in [0.15, 0.2) is 6.10 Å². The Bertz CT molecular complexity index is 976. The third kappa shape index (κ3) is 6.79. The molecule has 1 unspecified atom stereocenters. The number of hydrogen-bond acceptors (Lipinski definition) is 5. The number of carbonyl (C=O) groups excluding carboxylic acids is 3. The van der Waals surface area contributed by atoms with E-state index in [4.69, 9.17) is 16.3 Å². The number of halogens is 1. The van der Waals surface area contributed by atoms with Gasteiger partial charge in [0.05, 0.1) is 0 Å². The Morgan fingerprint density at radius 1 is 1.03 bits per heavy atom. The fraction of sp³-hybridized carbons (Fsp3) is 0.143. The van der Waals surface area contributed by atoms with E-state index in [9.17, 15) is 19.6 Å². The standard InChI is InChI=1S/C21H18ClN3O4/c1-13(20(27)25-19-9-7-18(8-10-19)24-14(2)26)29-21(28)16(12-23)11-15-3-5-17(22)6-4-15/h3-11,13H,1-2H3,(H,24,26)(H,25,27)/b16-11+. The first-order valence-electron chi connectivity index (χ1n) is 8.55. The maximum Gasteiger partial charge on any atom is 0.349 e. The second kappa shape index (κ2) is 10.1. The normalized spacial score (nSPS) is 11.7. The molecule has 0 radical (unpaired) electrons. The van der Waals surface area contributed by atoms with Crippen molar-refractivity contribution in [3.63, 3.8) is 0 Å². The number of nitriles is 1. The lowest BCUT2D eigenvalue weighted by Gasteiger charge is -2.13. The lowest BCUT2D eigenvalue weighted by atomic mass is 10.1. The van der Waals surface area contributed by atoms with Crippen LogP contribution in [-0.2, 0) is 19.1 Å². The molecule has 0 bridgehead atoms. The van der Waals surface area contributed by atoms with Crippen LogP contribution in [0.4, 0.5) is 11.4 Å². The predicted octanol–water partition coefficient (Wildman–Crippen LogP) is 3.78. The van der Waals surface area contributed by atoms with E-state index in [1.807, 2.05) is 0 Å². The van der Waals surface area contributed by atoms with Gasteiger partial charge in [-0.15, -0.1) is 0 Å². The Morgan fingerprint density at radius 2 is 1.59 bits per heavy atom. The van der Waals surface area contributed by atoms with E-state index in [2.05, 4.69) is 10.6 Å². The van der Waals surface area contributed by atoms with Crippen molar-refractivity contribution >= 4 is 46.8 Å². The lowest BCUT2D eigenvalue weighted by molar-refractivity contribution is -0.148. The molecular formula is C21H18ClN3O4. The number of anilines is 2. The molecule has 2 amide bonds. The van der Waals surface area contributed by atoms with E-state index >= 15 is 0 Å². The van der Waals surface area contributed by atoms with Crippen LogP contribution in [0.2, 0.25) is 5.02 Å². The third-order valence-electron chi connectivity index (χ3n) is 3.65. The summed E-state index contributed by atoms with van der Waals surface area (Å²) in [5.41, 5.74) is 1.40. The topological polar surface area (TPSA) is 108 Å². The minimum Gasteiger partial charge on any atom is -0.448 e. The highest BCUT2D eigenvalue weighted by atomic mass is 35.5. The fourth-order valence-electron chi connectivity index (χ4n) is 2.22. The highest BCUT2D eigenvalue weighted by Crippen LogP contribution is 2.15. The Kier molecular flexibility index (Phi) is 7.52. The summed E-state index contributed by atoms with van der Waals surface area (Å²) < 4.78 is 5.08. The first-order chi connectivity index (χ1) is 13.8. The number of amides is 2. The Morgan fingerprint density at radius 3 is 2.10 bits per heavy atom. The highest BCUT2D eigenvalue weighted by molar-refractivity contribution is 6.30. The molecule has 0 fully saturated rings. The summed E-state index contributed by atoms with van der Waals surface area (Å²) in [7, 11) is 0. The van der Waals surface area contributed by atoms with Crippen molar-refractivity contribution in [2.75, 3.05) is 10.6 Å². The molecule has 7 nitrogen and oxygen atoms in total. The average molecular weight is 412 g/mol. The molecule has 2 rings (SSSR count). The number of nitrogens with zero attached hydrogens (tertiary/aromatic N) is 1. The molecule has 29 heavy (non-hydrogen) atoms. The molecule has 0 aliphatic carbocycles. The predicted molar refractivity (Wildman–Crippen MR) is 110 cm³/mol. The molecular weight excluding hydrogens is 394 g/mol. The molecule has 2 aromatic carbocycles. The Hall–Kier alpha value is -3.63. The second-order valence-electron chi connectivity index (χ2n) is 6.02. The molecule has 1 atom stereocenters. The van der Waals surface area contributed by atoms with Crippen molar-refractivity contribution in [1.82, 2.24) is 0 Å². The summed E-state index contributed by atoms with van der Waals surface area (Å²) in [6.45, 7) is 2.79. The largest absolute Gasteiger partial charge is 0.448 e. The van der Waals surface area contributed by atoms with Gasteiger partial charge in [0.2, 0.25) is 5.91 Å². The molecule has 0 heterocycles. The van der Waals surface area contributed by atoms with Gasteiger partial charge in [-0.1, -0.05) is 23.7 Å². The minimum absolute atomic E-state index is 0.206. The van der Waals surface area contributed by atoms with E-state index in [1.54, 1.807) is 54.6 Å². The molecule has 0 spiro atoms. The van der Waals surface area contributed by atoms with E-state index in [0.29, 0.717) is 22.0 Å². The Balaban J connectivity index is 1.98. The van der Waals surface area contributed by atoms with Gasteiger partial charge in [-0.3, -0.25) is 9.59 Å². The van der Waals surface area contributed by atoms with Crippen LogP contribution in [0.25, 0.3) is 6.08 Å². The Labute approximate surface area is 172 Å². The van der Waals surface area contributed by atoms with Gasteiger partial charge in [-0.2, -0.15) is 5.26 Å². The summed E-state index contributed by atoms with van der Waals surface area (Å²) in [4.78, 5) is 35.5. The van der Waals surface area contributed by atoms with Gasteiger partial charge < -0.3 is 15.4 Å². The van der Waals surface area contributed by atoms with Crippen molar-refractivity contribution in [1.29, 1.82) is 5.26 Å². The van der Waals surface area contributed by atoms with Crippen molar-refractivity contribution in [3.05, 3.63) is 64.7 Å². The molecule has 8 heteroatoms. The highest BCUT2D eigenvalue weighted by Gasteiger charge is 2.20. The summed E-state index contributed by atoms with van der Waals surface area (Å²) >= 11 is 5.81. The second-order valence-corrected chi connectivity index (χ2v) is 6.45. The fourth-order valence-corrected chi connectivity index (χ4v) is 2.35. The van der Waals surface area contributed by atoms with E-state index < -0.39 is 18.0 Å². The monoisotopic (exact) mass is 411 g/mol. The van der Waals surface area contributed by atoms with Gasteiger partial charge >= 0.3 is 5.97 Å². The average Bonchev–Trinajstić information content (AvgIpc) is 2.68. The summed E-state index contributed by atoms with van der Waals surface area (Å²) in [6, 6.07) is 14.7. The van der Waals surface area contributed by atoms with Gasteiger partial charge in [-0.05, 0) is 55.0 Å². The molecule has 0 aliphatic heterocycles. The van der Waals surface area contributed by atoms with E-state index in [0.717, 1.165) is 0 Å². The van der Waals surface area contributed by atoms with Crippen LogP contribution in [0.5, 0.6) is 0 Å². The minimum atomic E-state index is -1.13. The van der Waals surface area contributed by atoms with Gasteiger partial charge in [0.1, 0.15) is 11.6 Å². The van der Waals surface area contributed by atoms with E-state index in [-0.39, 0.29) is 11.5 Å². The molecule has 2 aromatic rings. The van der Waals surface area contributed by atoms with Gasteiger partial charge in [0, 0.05) is 23.3 Å². The van der Waals surface area contributed by atoms with Crippen LogP contribution >= 0.6 is 11.6 Å². The molecule has 148 valence electrons. The number of esters is 1. The van der Waals surface area contributed by atoms with Crippen LogP contribution in [0, 0.1) is 11.3 Å². The van der Waals surface area contributed by atoms with Crippen LogP contribution in [0.3, 0.4) is 0 Å². The molecule has 0 aliphatic rings.